The number of likely N-dealkylation sites (tertiary alicyclic amines) is 1. The van der Waals surface area contributed by atoms with Crippen molar-refractivity contribution in [3.63, 3.8) is 0 Å². The molecule has 4 aliphatic rings. The van der Waals surface area contributed by atoms with E-state index in [1.807, 2.05) is 68.5 Å². The number of cyclic esters (lactones) is 1. The molecule has 230 valence electrons. The zero-order valence-electron chi connectivity index (χ0n) is 24.8. The monoisotopic (exact) mass is 599 g/mol. The maximum absolute atomic E-state index is 14.5. The topological polar surface area (TPSA) is 125 Å². The van der Waals surface area contributed by atoms with Crippen LogP contribution in [0.1, 0.15) is 35.6 Å². The number of hydrogen-bond donors (Lipinski definition) is 2. The number of carbonyl (C=O) groups excluding carboxylic acids is 4. The van der Waals surface area contributed by atoms with Crippen LogP contribution in [0.2, 0.25) is 0 Å². The Morgan fingerprint density at radius 1 is 1.02 bits per heavy atom. The summed E-state index contributed by atoms with van der Waals surface area (Å²) < 4.78 is 12.8. The molecule has 0 unspecified atom stereocenters. The first kappa shape index (κ1) is 29.8. The van der Waals surface area contributed by atoms with E-state index < -0.39 is 47.6 Å². The Balaban J connectivity index is 1.43. The summed E-state index contributed by atoms with van der Waals surface area (Å²) in [6.45, 7) is 3.74. The molecule has 2 fully saturated rings. The maximum Gasteiger partial charge on any atom is 0.313 e. The summed E-state index contributed by atoms with van der Waals surface area (Å²) in [7, 11) is 0. The third kappa shape index (κ3) is 5.11. The van der Waals surface area contributed by atoms with Crippen LogP contribution in [0.4, 0.5) is 5.69 Å². The van der Waals surface area contributed by atoms with E-state index >= 15 is 0 Å². The van der Waals surface area contributed by atoms with E-state index in [-0.39, 0.29) is 44.5 Å². The first-order valence-corrected chi connectivity index (χ1v) is 15.1. The molecule has 0 aromatic heterocycles. The van der Waals surface area contributed by atoms with Gasteiger partial charge in [0.1, 0.15) is 23.7 Å². The smallest absolute Gasteiger partial charge is 0.313 e. The van der Waals surface area contributed by atoms with Crippen LogP contribution >= 0.6 is 0 Å². The number of aryl methyl sites for hydroxylation is 2. The minimum atomic E-state index is -1.47. The molecular weight excluding hydrogens is 562 g/mol. The summed E-state index contributed by atoms with van der Waals surface area (Å²) in [4.78, 5) is 58.4. The van der Waals surface area contributed by atoms with Crippen molar-refractivity contribution in [1.82, 2.24) is 10.2 Å². The predicted molar refractivity (Wildman–Crippen MR) is 161 cm³/mol. The first-order valence-electron chi connectivity index (χ1n) is 15.1. The van der Waals surface area contributed by atoms with Crippen LogP contribution in [0, 0.1) is 25.7 Å². The zero-order chi connectivity index (χ0) is 31.0. The highest BCUT2D eigenvalue weighted by Gasteiger charge is 2.71. The molecule has 4 aliphatic heterocycles. The van der Waals surface area contributed by atoms with Crippen molar-refractivity contribution in [3.05, 3.63) is 89.5 Å². The Kier molecular flexibility index (Phi) is 8.13. The van der Waals surface area contributed by atoms with Crippen LogP contribution in [0.15, 0.2) is 72.8 Å². The molecule has 10 heteroatoms. The van der Waals surface area contributed by atoms with Gasteiger partial charge in [-0.1, -0.05) is 66.8 Å². The van der Waals surface area contributed by atoms with Gasteiger partial charge in [0.05, 0.1) is 25.2 Å². The number of β-amino-alcohol motifs (C(OH)–C–C–N with tert-alkyl or cyclic N) is 1. The minimum Gasteiger partial charge on any atom is -0.455 e. The van der Waals surface area contributed by atoms with Gasteiger partial charge in [-0.25, -0.2) is 0 Å². The van der Waals surface area contributed by atoms with Crippen LogP contribution in [0.5, 0.6) is 0 Å². The summed E-state index contributed by atoms with van der Waals surface area (Å²) in [5, 5.41) is 12.8. The van der Waals surface area contributed by atoms with E-state index in [1.54, 1.807) is 23.1 Å². The van der Waals surface area contributed by atoms with Crippen molar-refractivity contribution in [3.8, 4) is 0 Å². The van der Waals surface area contributed by atoms with Gasteiger partial charge in [0.15, 0.2) is 0 Å². The second-order valence-electron chi connectivity index (χ2n) is 11.8. The van der Waals surface area contributed by atoms with E-state index in [0.29, 0.717) is 12.0 Å². The lowest BCUT2D eigenvalue weighted by atomic mass is 9.78. The molecule has 2 N–H and O–H groups in total. The maximum atomic E-state index is 14.5. The second kappa shape index (κ2) is 12.0. The van der Waals surface area contributed by atoms with E-state index in [1.165, 1.54) is 4.90 Å². The van der Waals surface area contributed by atoms with E-state index in [4.69, 9.17) is 9.47 Å². The Bertz CT molecular complexity index is 1520. The number of esters is 1. The first-order chi connectivity index (χ1) is 21.2. The van der Waals surface area contributed by atoms with Gasteiger partial charge in [-0.15, -0.1) is 0 Å². The number of nitrogens with one attached hydrogen (secondary N) is 1. The summed E-state index contributed by atoms with van der Waals surface area (Å²) in [5.74, 6) is -3.74. The number of benzene rings is 2. The van der Waals surface area contributed by atoms with E-state index in [9.17, 15) is 24.3 Å². The fourth-order valence-electron chi connectivity index (χ4n) is 6.98. The molecule has 3 amide bonds. The number of amides is 3. The molecule has 6 rings (SSSR count). The van der Waals surface area contributed by atoms with Gasteiger partial charge in [0, 0.05) is 25.2 Å². The molecule has 0 radical (unpaired) electrons. The molecule has 0 saturated carbocycles. The Labute approximate surface area is 256 Å². The van der Waals surface area contributed by atoms with Crippen LogP contribution < -0.4 is 10.2 Å². The lowest BCUT2D eigenvalue weighted by molar-refractivity contribution is -0.159. The number of aliphatic hydroxyl groups excluding tert-OH is 1. The number of aliphatic hydroxyl groups is 1. The van der Waals surface area contributed by atoms with Crippen molar-refractivity contribution in [2.45, 2.75) is 50.5 Å². The molecule has 6 atom stereocenters. The minimum absolute atomic E-state index is 0.0722. The fourth-order valence-corrected chi connectivity index (χ4v) is 6.98. The molecule has 0 aliphatic carbocycles. The van der Waals surface area contributed by atoms with Gasteiger partial charge in [-0.2, -0.15) is 0 Å². The zero-order valence-corrected chi connectivity index (χ0v) is 24.8. The SMILES string of the molecule is Cc1ccc(C)c(N2CC=C[C@]34O[C@@H]5/C=C\CCC(=O)NC[C@@H](c6ccccc6)OC(=O)[C@@H]5[C@H]3C(=O)N(CCO)[C@@H]4C2=O)c1. The van der Waals surface area contributed by atoms with Crippen molar-refractivity contribution in [2.75, 3.05) is 31.1 Å². The summed E-state index contributed by atoms with van der Waals surface area (Å²) in [6, 6.07) is 13.9. The van der Waals surface area contributed by atoms with Gasteiger partial charge in [0.25, 0.3) is 5.91 Å². The lowest BCUT2D eigenvalue weighted by Crippen LogP contribution is -2.55. The number of ether oxygens (including phenoxy) is 2. The highest BCUT2D eigenvalue weighted by Crippen LogP contribution is 2.53. The highest BCUT2D eigenvalue weighted by atomic mass is 16.6. The molecule has 1 spiro atoms. The summed E-state index contributed by atoms with van der Waals surface area (Å²) in [6.07, 6.45) is 6.02. The molecule has 2 aromatic rings. The third-order valence-corrected chi connectivity index (χ3v) is 9.04. The third-order valence-electron chi connectivity index (χ3n) is 9.04. The average Bonchev–Trinajstić information content (AvgIpc) is 3.39. The summed E-state index contributed by atoms with van der Waals surface area (Å²) >= 11 is 0. The van der Waals surface area contributed by atoms with Gasteiger partial charge >= 0.3 is 5.97 Å². The Morgan fingerprint density at radius 3 is 2.59 bits per heavy atom. The van der Waals surface area contributed by atoms with Gasteiger partial charge in [0.2, 0.25) is 11.8 Å². The number of hydrogen-bond acceptors (Lipinski definition) is 7. The molecule has 4 heterocycles. The summed E-state index contributed by atoms with van der Waals surface area (Å²) in [5.41, 5.74) is 1.84. The van der Waals surface area contributed by atoms with Gasteiger partial charge in [-0.3, -0.25) is 19.2 Å². The normalized spacial score (nSPS) is 31.2. The molecule has 10 nitrogen and oxygen atoms in total. The van der Waals surface area contributed by atoms with Crippen molar-refractivity contribution in [2.24, 2.45) is 11.8 Å². The fraction of sp³-hybridized carbons (Fsp3) is 0.412. The standard InChI is InChI=1S/C34H37N3O7/c1-21-13-14-22(2)24(19-21)36-16-8-15-34-29(31(40)37(17-18-38)30(34)32(36)41)28-25(44-34)11-6-7-12-27(39)35-20-26(43-33(28)42)23-9-4-3-5-10-23/h3-6,8-11,13-15,19,25-26,28-30,38H,7,12,16-18,20H2,1-2H3,(H,35,39)/b11-6-/t25-,26+,28+,29+,30-,34+/m1/s1. The second-order valence-corrected chi connectivity index (χ2v) is 11.8. The molecule has 2 saturated heterocycles. The predicted octanol–water partition coefficient (Wildman–Crippen LogP) is 2.53. The highest BCUT2D eigenvalue weighted by molar-refractivity contribution is 6.06. The lowest BCUT2D eigenvalue weighted by Gasteiger charge is -2.35. The van der Waals surface area contributed by atoms with Crippen LogP contribution in [-0.2, 0) is 28.7 Å². The quantitative estimate of drug-likeness (QED) is 0.409. The number of nitrogens with zero attached hydrogens (tertiary/aromatic N) is 2. The molecular formula is C34H37N3O7. The Hall–Kier alpha value is -4.28. The average molecular weight is 600 g/mol. The number of fused-ring (bicyclic) bond motifs is 2. The van der Waals surface area contributed by atoms with Crippen LogP contribution in [0.25, 0.3) is 0 Å². The molecule has 2 aromatic carbocycles. The molecule has 44 heavy (non-hydrogen) atoms. The van der Waals surface area contributed by atoms with Gasteiger partial charge < -0.3 is 29.7 Å². The van der Waals surface area contributed by atoms with Crippen molar-refractivity contribution >= 4 is 29.4 Å². The van der Waals surface area contributed by atoms with Crippen molar-refractivity contribution in [1.29, 1.82) is 0 Å². The largest absolute Gasteiger partial charge is 0.455 e. The van der Waals surface area contributed by atoms with E-state index in [0.717, 1.165) is 16.8 Å². The number of rotatable bonds is 4. The van der Waals surface area contributed by atoms with Crippen LogP contribution in [-0.4, -0.2) is 77.7 Å². The van der Waals surface area contributed by atoms with E-state index in [2.05, 4.69) is 5.32 Å². The van der Waals surface area contributed by atoms with Gasteiger partial charge in [-0.05, 0) is 43.0 Å². The number of carbonyl (C=O) groups is 4. The number of allylic oxidation sites excluding steroid dienone is 1. The molecule has 0 bridgehead atoms. The number of anilines is 1. The van der Waals surface area contributed by atoms with Crippen LogP contribution in [0.3, 0.4) is 0 Å². The van der Waals surface area contributed by atoms with Crippen molar-refractivity contribution < 1.29 is 33.8 Å². The Morgan fingerprint density at radius 2 is 1.82 bits per heavy atom.